The molecule has 0 amide bonds. The van der Waals surface area contributed by atoms with Crippen LogP contribution in [-0.4, -0.2) is 20.7 Å². The minimum Gasteiger partial charge on any atom is -0.468 e. The normalized spacial score (nSPS) is 11.5. The van der Waals surface area contributed by atoms with E-state index >= 15 is 0 Å². The third kappa shape index (κ3) is 4.98. The van der Waals surface area contributed by atoms with Gasteiger partial charge in [-0.25, -0.2) is 13.1 Å². The van der Waals surface area contributed by atoms with Crippen molar-refractivity contribution < 1.29 is 12.8 Å². The van der Waals surface area contributed by atoms with Gasteiger partial charge < -0.3 is 4.42 Å². The number of sulfonamides is 1. The van der Waals surface area contributed by atoms with Gasteiger partial charge in [0.05, 0.1) is 16.9 Å². The van der Waals surface area contributed by atoms with Gasteiger partial charge in [0.2, 0.25) is 10.0 Å². The lowest BCUT2D eigenvalue weighted by Gasteiger charge is -2.08. The molecular formula is C19H19NO3S2. The Kier molecular flexibility index (Phi) is 5.96. The number of benzene rings is 2. The number of hydrogen-bond acceptors (Lipinski definition) is 4. The van der Waals surface area contributed by atoms with Crippen LogP contribution in [0.2, 0.25) is 0 Å². The summed E-state index contributed by atoms with van der Waals surface area (Å²) in [6, 6.07) is 20.6. The number of nitrogens with one attached hydrogen (secondary N) is 1. The van der Waals surface area contributed by atoms with Crippen LogP contribution in [0.4, 0.5) is 0 Å². The SMILES string of the molecule is O=S(=O)(NCCSCc1ccco1)c1ccc(-c2ccccc2)cc1. The van der Waals surface area contributed by atoms with Crippen LogP contribution in [0.3, 0.4) is 0 Å². The molecular weight excluding hydrogens is 354 g/mol. The second kappa shape index (κ2) is 8.38. The molecule has 130 valence electrons. The summed E-state index contributed by atoms with van der Waals surface area (Å²) in [4.78, 5) is 0.281. The van der Waals surface area contributed by atoms with Gasteiger partial charge in [-0.05, 0) is 35.4 Å². The molecule has 1 aromatic heterocycles. The first-order valence-electron chi connectivity index (χ1n) is 7.90. The van der Waals surface area contributed by atoms with E-state index < -0.39 is 10.0 Å². The average molecular weight is 373 g/mol. The van der Waals surface area contributed by atoms with E-state index in [1.54, 1.807) is 30.2 Å². The molecule has 0 spiro atoms. The molecule has 0 unspecified atom stereocenters. The fraction of sp³-hybridized carbons (Fsp3) is 0.158. The van der Waals surface area contributed by atoms with Crippen LogP contribution in [0.1, 0.15) is 5.76 Å². The first-order chi connectivity index (χ1) is 12.1. The zero-order chi connectivity index (χ0) is 17.5. The Hall–Kier alpha value is -2.02. The van der Waals surface area contributed by atoms with Gasteiger partial charge >= 0.3 is 0 Å². The molecule has 4 nitrogen and oxygen atoms in total. The maximum Gasteiger partial charge on any atom is 0.240 e. The summed E-state index contributed by atoms with van der Waals surface area (Å²) in [6.45, 7) is 0.383. The molecule has 0 radical (unpaired) electrons. The molecule has 0 saturated heterocycles. The van der Waals surface area contributed by atoms with E-state index in [1.165, 1.54) is 0 Å². The zero-order valence-corrected chi connectivity index (χ0v) is 15.2. The van der Waals surface area contributed by atoms with Crippen molar-refractivity contribution in [3.63, 3.8) is 0 Å². The van der Waals surface area contributed by atoms with Gasteiger partial charge in [-0.2, -0.15) is 11.8 Å². The van der Waals surface area contributed by atoms with Crippen molar-refractivity contribution in [3.05, 3.63) is 78.8 Å². The monoisotopic (exact) mass is 373 g/mol. The topological polar surface area (TPSA) is 59.3 Å². The van der Waals surface area contributed by atoms with Gasteiger partial charge in [-0.3, -0.25) is 0 Å². The second-order valence-corrected chi connectivity index (χ2v) is 8.29. The highest BCUT2D eigenvalue weighted by Crippen LogP contribution is 2.21. The molecule has 6 heteroatoms. The Morgan fingerprint density at radius 2 is 1.60 bits per heavy atom. The Balaban J connectivity index is 1.53. The number of hydrogen-bond donors (Lipinski definition) is 1. The van der Waals surface area contributed by atoms with E-state index in [2.05, 4.69) is 4.72 Å². The Morgan fingerprint density at radius 3 is 2.28 bits per heavy atom. The maximum absolute atomic E-state index is 12.3. The van der Waals surface area contributed by atoms with Crippen LogP contribution in [0.25, 0.3) is 11.1 Å². The number of rotatable bonds is 8. The predicted octanol–water partition coefficient (Wildman–Crippen LogP) is 4.16. The van der Waals surface area contributed by atoms with Gasteiger partial charge in [0, 0.05) is 12.3 Å². The van der Waals surface area contributed by atoms with Crippen molar-refractivity contribution in [1.82, 2.24) is 4.72 Å². The molecule has 3 aromatic rings. The molecule has 0 bridgehead atoms. The van der Waals surface area contributed by atoms with Crippen molar-refractivity contribution in [2.24, 2.45) is 0 Å². The lowest BCUT2D eigenvalue weighted by molar-refractivity contribution is 0.530. The second-order valence-electron chi connectivity index (χ2n) is 5.42. The van der Waals surface area contributed by atoms with E-state index in [1.807, 2.05) is 54.6 Å². The van der Waals surface area contributed by atoms with Gasteiger partial charge in [-0.15, -0.1) is 0 Å². The molecule has 0 aliphatic heterocycles. The third-order valence-corrected chi connectivity index (χ3v) is 6.09. The minimum atomic E-state index is -3.48. The van der Waals surface area contributed by atoms with Crippen molar-refractivity contribution >= 4 is 21.8 Å². The van der Waals surface area contributed by atoms with Gasteiger partial charge in [0.25, 0.3) is 0 Å². The van der Waals surface area contributed by atoms with Gasteiger partial charge in [-0.1, -0.05) is 42.5 Å². The third-order valence-electron chi connectivity index (χ3n) is 3.63. The average Bonchev–Trinajstić information content (AvgIpc) is 3.16. The minimum absolute atomic E-state index is 0.281. The van der Waals surface area contributed by atoms with Crippen molar-refractivity contribution in [1.29, 1.82) is 0 Å². The highest BCUT2D eigenvalue weighted by molar-refractivity contribution is 7.98. The molecule has 0 saturated carbocycles. The summed E-state index contributed by atoms with van der Waals surface area (Å²) in [5.41, 5.74) is 2.06. The van der Waals surface area contributed by atoms with E-state index in [-0.39, 0.29) is 4.90 Å². The molecule has 3 rings (SSSR count). The van der Waals surface area contributed by atoms with E-state index in [0.717, 1.165) is 22.6 Å². The first kappa shape index (κ1) is 17.8. The molecule has 1 N–H and O–H groups in total. The Bertz CT molecular complexity index is 874. The summed E-state index contributed by atoms with van der Waals surface area (Å²) < 4.78 is 32.5. The van der Waals surface area contributed by atoms with Crippen LogP contribution in [0, 0.1) is 0 Å². The highest BCUT2D eigenvalue weighted by Gasteiger charge is 2.13. The summed E-state index contributed by atoms with van der Waals surface area (Å²) in [5, 5.41) is 0. The Labute approximate surface area is 152 Å². The fourth-order valence-electron chi connectivity index (χ4n) is 2.36. The molecule has 2 aromatic carbocycles. The van der Waals surface area contributed by atoms with Crippen molar-refractivity contribution in [3.8, 4) is 11.1 Å². The molecule has 0 atom stereocenters. The maximum atomic E-state index is 12.3. The van der Waals surface area contributed by atoms with E-state index in [4.69, 9.17) is 4.42 Å². The van der Waals surface area contributed by atoms with Crippen LogP contribution >= 0.6 is 11.8 Å². The number of furan rings is 1. The largest absolute Gasteiger partial charge is 0.468 e. The fourth-order valence-corrected chi connectivity index (χ4v) is 4.27. The van der Waals surface area contributed by atoms with Crippen LogP contribution in [0.15, 0.2) is 82.3 Å². The van der Waals surface area contributed by atoms with Gasteiger partial charge in [0.15, 0.2) is 0 Å². The van der Waals surface area contributed by atoms with Crippen LogP contribution in [-0.2, 0) is 15.8 Å². The quantitative estimate of drug-likeness (QED) is 0.603. The molecule has 0 aliphatic rings. The number of thioether (sulfide) groups is 1. The van der Waals surface area contributed by atoms with Crippen LogP contribution in [0.5, 0.6) is 0 Å². The van der Waals surface area contributed by atoms with Crippen molar-refractivity contribution in [2.45, 2.75) is 10.6 Å². The molecule has 0 aliphatic carbocycles. The standard InChI is InChI=1S/C19H19NO3S2/c21-25(22,20-12-14-24-15-18-7-4-13-23-18)19-10-8-17(9-11-19)16-5-2-1-3-6-16/h1-11,13,20H,12,14-15H2. The summed E-state index contributed by atoms with van der Waals surface area (Å²) >= 11 is 1.63. The first-order valence-corrected chi connectivity index (χ1v) is 10.5. The van der Waals surface area contributed by atoms with Crippen molar-refractivity contribution in [2.75, 3.05) is 12.3 Å². The van der Waals surface area contributed by atoms with Gasteiger partial charge in [0.1, 0.15) is 5.76 Å². The smallest absolute Gasteiger partial charge is 0.240 e. The Morgan fingerprint density at radius 1 is 0.880 bits per heavy atom. The molecule has 1 heterocycles. The van der Waals surface area contributed by atoms with Crippen LogP contribution < -0.4 is 4.72 Å². The lowest BCUT2D eigenvalue weighted by atomic mass is 10.1. The summed E-state index contributed by atoms with van der Waals surface area (Å²) in [5.74, 6) is 2.31. The lowest BCUT2D eigenvalue weighted by Crippen LogP contribution is -2.26. The summed E-state index contributed by atoms with van der Waals surface area (Å²) in [6.07, 6.45) is 1.64. The highest BCUT2D eigenvalue weighted by atomic mass is 32.2. The summed E-state index contributed by atoms with van der Waals surface area (Å²) in [7, 11) is -3.48. The zero-order valence-electron chi connectivity index (χ0n) is 13.6. The van der Waals surface area contributed by atoms with E-state index in [0.29, 0.717) is 12.3 Å². The van der Waals surface area contributed by atoms with E-state index in [9.17, 15) is 8.42 Å². The molecule has 25 heavy (non-hydrogen) atoms. The predicted molar refractivity (Wildman–Crippen MR) is 102 cm³/mol. The molecule has 0 fully saturated rings.